The SMILES string of the molecule is CCOC(=O)c1nc(-c2ccc(C)cn2)nc(N)c1Cl. The second-order valence-electron chi connectivity index (χ2n) is 4.04. The van der Waals surface area contributed by atoms with Gasteiger partial charge in [-0.1, -0.05) is 17.7 Å². The van der Waals surface area contributed by atoms with Gasteiger partial charge in [0, 0.05) is 6.20 Å². The van der Waals surface area contributed by atoms with Gasteiger partial charge in [-0.05, 0) is 25.5 Å². The molecule has 0 aromatic carbocycles. The highest BCUT2D eigenvalue weighted by atomic mass is 35.5. The molecule has 0 atom stereocenters. The second kappa shape index (κ2) is 5.83. The molecule has 20 heavy (non-hydrogen) atoms. The fourth-order valence-corrected chi connectivity index (χ4v) is 1.68. The number of aryl methyl sites for hydroxylation is 1. The minimum atomic E-state index is -0.639. The summed E-state index contributed by atoms with van der Waals surface area (Å²) in [6.45, 7) is 3.83. The van der Waals surface area contributed by atoms with Crippen LogP contribution in [0.3, 0.4) is 0 Å². The molecule has 0 spiro atoms. The Bertz CT molecular complexity index is 644. The standard InChI is InChI=1S/C13H13ClN4O2/c1-3-20-13(19)10-9(14)11(15)18-12(17-10)8-5-4-7(2)6-16-8/h4-6H,3H2,1-2H3,(H2,15,17,18). The minimum absolute atomic E-state index is 0.0145. The van der Waals surface area contributed by atoms with Gasteiger partial charge in [0.25, 0.3) is 0 Å². The molecule has 104 valence electrons. The Labute approximate surface area is 121 Å². The number of esters is 1. The average Bonchev–Trinajstić information content (AvgIpc) is 2.43. The zero-order chi connectivity index (χ0) is 14.7. The number of ether oxygens (including phenoxy) is 1. The van der Waals surface area contributed by atoms with Crippen molar-refractivity contribution in [1.29, 1.82) is 0 Å². The minimum Gasteiger partial charge on any atom is -0.461 e. The summed E-state index contributed by atoms with van der Waals surface area (Å²) in [4.78, 5) is 24.1. The molecule has 0 radical (unpaired) electrons. The van der Waals surface area contributed by atoms with E-state index in [1.165, 1.54) is 0 Å². The quantitative estimate of drug-likeness (QED) is 0.873. The number of aromatic nitrogens is 3. The third kappa shape index (κ3) is 2.85. The molecule has 0 aliphatic carbocycles. The lowest BCUT2D eigenvalue weighted by molar-refractivity contribution is 0.0519. The number of hydrogen-bond acceptors (Lipinski definition) is 6. The van der Waals surface area contributed by atoms with E-state index in [0.29, 0.717) is 5.69 Å². The number of nitrogens with two attached hydrogens (primary N) is 1. The molecule has 2 aromatic rings. The van der Waals surface area contributed by atoms with Crippen molar-refractivity contribution in [3.8, 4) is 11.5 Å². The van der Waals surface area contributed by atoms with Crippen molar-refractivity contribution in [2.45, 2.75) is 13.8 Å². The predicted molar refractivity (Wildman–Crippen MR) is 75.4 cm³/mol. The van der Waals surface area contributed by atoms with Crippen molar-refractivity contribution in [1.82, 2.24) is 15.0 Å². The van der Waals surface area contributed by atoms with E-state index in [1.807, 2.05) is 13.0 Å². The third-order valence-corrected chi connectivity index (χ3v) is 2.86. The molecule has 0 aliphatic heterocycles. The zero-order valence-electron chi connectivity index (χ0n) is 11.1. The molecular weight excluding hydrogens is 280 g/mol. The van der Waals surface area contributed by atoms with E-state index in [-0.39, 0.29) is 29.0 Å². The zero-order valence-corrected chi connectivity index (χ0v) is 11.8. The molecule has 0 amide bonds. The van der Waals surface area contributed by atoms with Crippen LogP contribution in [-0.4, -0.2) is 27.5 Å². The van der Waals surface area contributed by atoms with Crippen LogP contribution in [0.2, 0.25) is 5.02 Å². The molecule has 2 heterocycles. The first-order chi connectivity index (χ1) is 9.52. The van der Waals surface area contributed by atoms with E-state index in [1.54, 1.807) is 19.2 Å². The van der Waals surface area contributed by atoms with Gasteiger partial charge in [-0.15, -0.1) is 0 Å². The number of rotatable bonds is 3. The number of halogens is 1. The Balaban J connectivity index is 2.50. The van der Waals surface area contributed by atoms with Crippen LogP contribution in [0.4, 0.5) is 5.82 Å². The van der Waals surface area contributed by atoms with Crippen molar-refractivity contribution in [3.05, 3.63) is 34.6 Å². The van der Waals surface area contributed by atoms with Gasteiger partial charge in [-0.25, -0.2) is 14.8 Å². The summed E-state index contributed by atoms with van der Waals surface area (Å²) in [7, 11) is 0. The fourth-order valence-electron chi connectivity index (χ4n) is 1.51. The lowest BCUT2D eigenvalue weighted by Crippen LogP contribution is -2.11. The molecule has 0 bridgehead atoms. The first kappa shape index (κ1) is 14.2. The van der Waals surface area contributed by atoms with Crippen molar-refractivity contribution in [2.24, 2.45) is 0 Å². The summed E-state index contributed by atoms with van der Waals surface area (Å²) < 4.78 is 4.88. The van der Waals surface area contributed by atoms with Gasteiger partial charge < -0.3 is 10.5 Å². The summed E-state index contributed by atoms with van der Waals surface area (Å²) in [5.74, 6) is -0.392. The third-order valence-electron chi connectivity index (χ3n) is 2.49. The maximum absolute atomic E-state index is 11.8. The van der Waals surface area contributed by atoms with Crippen LogP contribution >= 0.6 is 11.6 Å². The average molecular weight is 293 g/mol. The van der Waals surface area contributed by atoms with E-state index in [2.05, 4.69) is 15.0 Å². The predicted octanol–water partition coefficient (Wildman–Crippen LogP) is 2.26. The van der Waals surface area contributed by atoms with E-state index in [4.69, 9.17) is 22.1 Å². The van der Waals surface area contributed by atoms with Crippen molar-refractivity contribution in [2.75, 3.05) is 12.3 Å². The largest absolute Gasteiger partial charge is 0.461 e. The Morgan fingerprint density at radius 1 is 1.40 bits per heavy atom. The number of nitrogen functional groups attached to an aromatic ring is 1. The Hall–Kier alpha value is -2.21. The summed E-state index contributed by atoms with van der Waals surface area (Å²) in [6, 6.07) is 3.60. The van der Waals surface area contributed by atoms with Gasteiger partial charge in [0.05, 0.1) is 6.61 Å². The van der Waals surface area contributed by atoms with E-state index >= 15 is 0 Å². The van der Waals surface area contributed by atoms with Gasteiger partial charge in [-0.3, -0.25) is 4.98 Å². The van der Waals surface area contributed by atoms with Gasteiger partial charge in [0.1, 0.15) is 16.5 Å². The van der Waals surface area contributed by atoms with Gasteiger partial charge in [0.2, 0.25) is 0 Å². The summed E-state index contributed by atoms with van der Waals surface area (Å²) in [5, 5.41) is -0.0145. The highest BCUT2D eigenvalue weighted by Gasteiger charge is 2.19. The van der Waals surface area contributed by atoms with Crippen LogP contribution in [-0.2, 0) is 4.74 Å². The lowest BCUT2D eigenvalue weighted by Gasteiger charge is -2.07. The van der Waals surface area contributed by atoms with Crippen LogP contribution in [0.1, 0.15) is 23.0 Å². The fraction of sp³-hybridized carbons (Fsp3) is 0.231. The van der Waals surface area contributed by atoms with Gasteiger partial charge >= 0.3 is 5.97 Å². The highest BCUT2D eigenvalue weighted by molar-refractivity contribution is 6.35. The molecule has 7 heteroatoms. The van der Waals surface area contributed by atoms with Gasteiger partial charge in [-0.2, -0.15) is 0 Å². The van der Waals surface area contributed by atoms with Crippen LogP contribution in [0.5, 0.6) is 0 Å². The molecular formula is C13H13ClN4O2. The number of hydrogen-bond donors (Lipinski definition) is 1. The summed E-state index contributed by atoms with van der Waals surface area (Å²) >= 11 is 5.94. The Morgan fingerprint density at radius 3 is 2.75 bits per heavy atom. The van der Waals surface area contributed by atoms with Crippen LogP contribution in [0.15, 0.2) is 18.3 Å². The summed E-state index contributed by atoms with van der Waals surface area (Å²) in [6.07, 6.45) is 1.67. The van der Waals surface area contributed by atoms with Crippen molar-refractivity contribution < 1.29 is 9.53 Å². The Morgan fingerprint density at radius 2 is 2.15 bits per heavy atom. The van der Waals surface area contributed by atoms with Crippen LogP contribution in [0, 0.1) is 6.92 Å². The van der Waals surface area contributed by atoms with Crippen molar-refractivity contribution in [3.63, 3.8) is 0 Å². The molecule has 0 fully saturated rings. The summed E-state index contributed by atoms with van der Waals surface area (Å²) in [5.41, 5.74) is 7.15. The smallest absolute Gasteiger partial charge is 0.358 e. The van der Waals surface area contributed by atoms with Crippen LogP contribution < -0.4 is 5.73 Å². The monoisotopic (exact) mass is 292 g/mol. The first-order valence-electron chi connectivity index (χ1n) is 5.96. The first-order valence-corrected chi connectivity index (χ1v) is 6.34. The number of carbonyl (C=O) groups is 1. The number of carbonyl (C=O) groups excluding carboxylic acids is 1. The van der Waals surface area contributed by atoms with Crippen molar-refractivity contribution >= 4 is 23.4 Å². The Kier molecular flexibility index (Phi) is 4.14. The van der Waals surface area contributed by atoms with E-state index < -0.39 is 5.97 Å². The maximum Gasteiger partial charge on any atom is 0.358 e. The van der Waals surface area contributed by atoms with E-state index in [0.717, 1.165) is 5.56 Å². The number of anilines is 1. The molecule has 0 unspecified atom stereocenters. The number of pyridine rings is 1. The lowest BCUT2D eigenvalue weighted by atomic mass is 10.2. The van der Waals surface area contributed by atoms with Gasteiger partial charge in [0.15, 0.2) is 11.5 Å². The molecule has 2 rings (SSSR count). The molecule has 2 N–H and O–H groups in total. The topological polar surface area (TPSA) is 91.0 Å². The molecule has 0 aliphatic rings. The normalized spacial score (nSPS) is 10.3. The van der Waals surface area contributed by atoms with Crippen LogP contribution in [0.25, 0.3) is 11.5 Å². The second-order valence-corrected chi connectivity index (χ2v) is 4.41. The highest BCUT2D eigenvalue weighted by Crippen LogP contribution is 2.24. The van der Waals surface area contributed by atoms with E-state index in [9.17, 15) is 4.79 Å². The molecule has 2 aromatic heterocycles. The molecule has 0 saturated heterocycles. The molecule has 6 nitrogen and oxygen atoms in total. The maximum atomic E-state index is 11.8. The number of nitrogens with zero attached hydrogens (tertiary/aromatic N) is 3. The molecule has 0 saturated carbocycles.